The molecule has 2 rings (SSSR count). The molecule has 0 amide bonds. The largest absolute Gasteiger partial charge is 0.496 e. The van der Waals surface area contributed by atoms with Crippen LogP contribution in [0.15, 0.2) is 12.1 Å². The van der Waals surface area contributed by atoms with Crippen LogP contribution in [0.3, 0.4) is 0 Å². The van der Waals surface area contributed by atoms with Crippen LogP contribution >= 0.6 is 0 Å². The number of ether oxygens (including phenoxy) is 1. The summed E-state index contributed by atoms with van der Waals surface area (Å²) in [5, 5.41) is 0. The molecule has 1 aromatic carbocycles. The third-order valence-corrected chi connectivity index (χ3v) is 3.21. The standard InChI is InChI=1S/C11H11F4NO/c1-17-9-3-8(13)7(12)2-6(9)10(5-16)4-11(10,14)15/h2-3H,4-5,16H2,1H3. The van der Waals surface area contributed by atoms with Crippen LogP contribution in [0.1, 0.15) is 12.0 Å². The Labute approximate surface area is 95.4 Å². The number of methoxy groups -OCH3 is 1. The van der Waals surface area contributed by atoms with Crippen molar-refractivity contribution in [1.82, 2.24) is 0 Å². The molecule has 1 aliphatic carbocycles. The molecule has 0 aliphatic heterocycles. The van der Waals surface area contributed by atoms with Crippen molar-refractivity contribution in [3.63, 3.8) is 0 Å². The Hall–Kier alpha value is -1.30. The van der Waals surface area contributed by atoms with Gasteiger partial charge in [0.25, 0.3) is 5.92 Å². The molecule has 0 heterocycles. The first kappa shape index (κ1) is 12.2. The van der Waals surface area contributed by atoms with E-state index in [0.29, 0.717) is 0 Å². The van der Waals surface area contributed by atoms with Gasteiger partial charge in [-0.05, 0) is 6.07 Å². The van der Waals surface area contributed by atoms with Crippen LogP contribution in [0, 0.1) is 11.6 Å². The van der Waals surface area contributed by atoms with Gasteiger partial charge in [-0.25, -0.2) is 17.6 Å². The summed E-state index contributed by atoms with van der Waals surface area (Å²) in [5.41, 5.74) is 3.63. The fourth-order valence-electron chi connectivity index (χ4n) is 2.03. The van der Waals surface area contributed by atoms with Gasteiger partial charge in [-0.1, -0.05) is 0 Å². The average molecular weight is 249 g/mol. The summed E-state index contributed by atoms with van der Waals surface area (Å²) in [4.78, 5) is 0. The molecule has 1 saturated carbocycles. The van der Waals surface area contributed by atoms with E-state index in [4.69, 9.17) is 10.5 Å². The highest BCUT2D eigenvalue weighted by atomic mass is 19.3. The van der Waals surface area contributed by atoms with Crippen molar-refractivity contribution in [1.29, 1.82) is 0 Å². The van der Waals surface area contributed by atoms with E-state index in [1.54, 1.807) is 0 Å². The summed E-state index contributed by atoms with van der Waals surface area (Å²) in [6.07, 6.45) is -0.474. The van der Waals surface area contributed by atoms with E-state index in [2.05, 4.69) is 0 Å². The molecule has 94 valence electrons. The zero-order valence-corrected chi connectivity index (χ0v) is 9.07. The number of rotatable bonds is 3. The van der Waals surface area contributed by atoms with Crippen LogP contribution in [-0.2, 0) is 5.41 Å². The van der Waals surface area contributed by atoms with E-state index in [1.165, 1.54) is 7.11 Å². The van der Waals surface area contributed by atoms with Gasteiger partial charge in [-0.3, -0.25) is 0 Å². The quantitative estimate of drug-likeness (QED) is 0.833. The molecule has 1 atom stereocenters. The summed E-state index contributed by atoms with van der Waals surface area (Å²) in [6.45, 7) is -0.346. The molecule has 0 bridgehead atoms. The molecule has 2 nitrogen and oxygen atoms in total. The van der Waals surface area contributed by atoms with Gasteiger partial charge in [0.2, 0.25) is 0 Å². The second-order valence-electron chi connectivity index (χ2n) is 4.13. The smallest absolute Gasteiger partial charge is 0.260 e. The van der Waals surface area contributed by atoms with Gasteiger partial charge in [0.15, 0.2) is 11.6 Å². The molecule has 6 heteroatoms. The number of alkyl halides is 2. The second kappa shape index (κ2) is 3.60. The number of halogens is 4. The van der Waals surface area contributed by atoms with E-state index in [1.807, 2.05) is 0 Å². The van der Waals surface area contributed by atoms with Crippen LogP contribution in [-0.4, -0.2) is 19.6 Å². The minimum absolute atomic E-state index is 0.0774. The van der Waals surface area contributed by atoms with Crippen LogP contribution in [0.25, 0.3) is 0 Å². The maximum absolute atomic E-state index is 13.3. The number of hydrogen-bond donors (Lipinski definition) is 1. The summed E-state index contributed by atoms with van der Waals surface area (Å²) < 4.78 is 57.6. The Morgan fingerprint density at radius 3 is 2.24 bits per heavy atom. The van der Waals surface area contributed by atoms with Crippen LogP contribution in [0.5, 0.6) is 5.75 Å². The molecule has 0 spiro atoms. The molecule has 1 fully saturated rings. The number of benzene rings is 1. The highest BCUT2D eigenvalue weighted by Crippen LogP contribution is 2.62. The first-order chi connectivity index (χ1) is 7.88. The van der Waals surface area contributed by atoms with Gasteiger partial charge < -0.3 is 10.5 Å². The van der Waals surface area contributed by atoms with Crippen molar-refractivity contribution in [2.75, 3.05) is 13.7 Å². The first-order valence-electron chi connectivity index (χ1n) is 4.99. The van der Waals surface area contributed by atoms with Crippen molar-refractivity contribution < 1.29 is 22.3 Å². The highest BCUT2D eigenvalue weighted by Gasteiger charge is 2.72. The Kier molecular flexibility index (Phi) is 2.57. The van der Waals surface area contributed by atoms with Crippen LogP contribution in [0.2, 0.25) is 0 Å². The third-order valence-electron chi connectivity index (χ3n) is 3.21. The van der Waals surface area contributed by atoms with Gasteiger partial charge in [0, 0.05) is 24.6 Å². The summed E-state index contributed by atoms with van der Waals surface area (Å²) in [6, 6.07) is 1.50. The molecular weight excluding hydrogens is 238 g/mol. The van der Waals surface area contributed by atoms with Gasteiger partial charge in [-0.15, -0.1) is 0 Å². The first-order valence-corrected chi connectivity index (χ1v) is 4.99. The Morgan fingerprint density at radius 2 is 1.82 bits per heavy atom. The summed E-state index contributed by atoms with van der Waals surface area (Å²) in [7, 11) is 1.21. The lowest BCUT2D eigenvalue weighted by Gasteiger charge is -2.18. The highest BCUT2D eigenvalue weighted by molar-refractivity contribution is 5.48. The van der Waals surface area contributed by atoms with Crippen LogP contribution < -0.4 is 10.5 Å². The molecule has 2 N–H and O–H groups in total. The molecule has 1 unspecified atom stereocenters. The van der Waals surface area contributed by atoms with Gasteiger partial charge in [-0.2, -0.15) is 0 Å². The predicted octanol–water partition coefficient (Wildman–Crippen LogP) is 2.21. The van der Waals surface area contributed by atoms with E-state index in [9.17, 15) is 17.6 Å². The monoisotopic (exact) mass is 249 g/mol. The Morgan fingerprint density at radius 1 is 1.29 bits per heavy atom. The van der Waals surface area contributed by atoms with Gasteiger partial charge in [0.1, 0.15) is 5.75 Å². The van der Waals surface area contributed by atoms with Gasteiger partial charge >= 0.3 is 0 Å². The van der Waals surface area contributed by atoms with Crippen LogP contribution in [0.4, 0.5) is 17.6 Å². The maximum Gasteiger partial charge on any atom is 0.260 e. The van der Waals surface area contributed by atoms with E-state index < -0.39 is 29.4 Å². The average Bonchev–Trinajstić information content (AvgIpc) is 2.85. The summed E-state index contributed by atoms with van der Waals surface area (Å²) >= 11 is 0. The summed E-state index contributed by atoms with van der Waals surface area (Å²) in [5.74, 6) is -5.43. The zero-order chi connectivity index (χ0) is 12.8. The van der Waals surface area contributed by atoms with Crippen molar-refractivity contribution in [3.8, 4) is 5.75 Å². The second-order valence-corrected chi connectivity index (χ2v) is 4.13. The molecule has 0 aromatic heterocycles. The third kappa shape index (κ3) is 1.58. The van der Waals surface area contributed by atoms with E-state index >= 15 is 0 Å². The van der Waals surface area contributed by atoms with Crippen molar-refractivity contribution in [2.45, 2.75) is 17.8 Å². The topological polar surface area (TPSA) is 35.2 Å². The number of hydrogen-bond acceptors (Lipinski definition) is 2. The minimum atomic E-state index is -3.00. The zero-order valence-electron chi connectivity index (χ0n) is 9.07. The maximum atomic E-state index is 13.3. The Bertz CT molecular complexity index is 463. The molecule has 0 saturated heterocycles. The van der Waals surface area contributed by atoms with Crippen molar-refractivity contribution >= 4 is 0 Å². The molecule has 1 aromatic rings. The normalized spacial score (nSPS) is 25.8. The SMILES string of the molecule is COc1cc(F)c(F)cc1C1(CN)CC1(F)F. The lowest BCUT2D eigenvalue weighted by atomic mass is 9.94. The minimum Gasteiger partial charge on any atom is -0.496 e. The van der Waals surface area contributed by atoms with Crippen molar-refractivity contribution in [2.24, 2.45) is 5.73 Å². The Balaban J connectivity index is 2.56. The predicted molar refractivity (Wildman–Crippen MR) is 53.2 cm³/mol. The number of nitrogens with two attached hydrogens (primary N) is 1. The fourth-order valence-corrected chi connectivity index (χ4v) is 2.03. The molecule has 1 aliphatic rings. The molecular formula is C11H11F4NO. The van der Waals surface area contributed by atoms with Gasteiger partial charge in [0.05, 0.1) is 12.5 Å². The molecule has 0 radical (unpaired) electrons. The lowest BCUT2D eigenvalue weighted by Crippen LogP contribution is -2.27. The van der Waals surface area contributed by atoms with Crippen molar-refractivity contribution in [3.05, 3.63) is 29.3 Å². The lowest BCUT2D eigenvalue weighted by molar-refractivity contribution is 0.0888. The van der Waals surface area contributed by atoms with E-state index in [-0.39, 0.29) is 17.9 Å². The fraction of sp³-hybridized carbons (Fsp3) is 0.455. The van der Waals surface area contributed by atoms with E-state index in [0.717, 1.165) is 12.1 Å². The molecule has 17 heavy (non-hydrogen) atoms.